The highest BCUT2D eigenvalue weighted by molar-refractivity contribution is 5.90. The number of amides is 1. The van der Waals surface area contributed by atoms with E-state index in [0.29, 0.717) is 34.8 Å². The van der Waals surface area contributed by atoms with Gasteiger partial charge in [0.15, 0.2) is 0 Å². The fourth-order valence-corrected chi connectivity index (χ4v) is 3.83. The lowest BCUT2D eigenvalue weighted by atomic mass is 10.1. The molecule has 2 atom stereocenters. The molecule has 0 spiro atoms. The number of ether oxygens (including phenoxy) is 2. The van der Waals surface area contributed by atoms with E-state index in [9.17, 15) is 9.59 Å². The summed E-state index contributed by atoms with van der Waals surface area (Å²) in [5.41, 5.74) is 10.4. The summed E-state index contributed by atoms with van der Waals surface area (Å²) in [5.74, 6) is -1.03. The van der Waals surface area contributed by atoms with E-state index in [-0.39, 0.29) is 19.7 Å². The van der Waals surface area contributed by atoms with E-state index in [4.69, 9.17) is 20.0 Å². The highest BCUT2D eigenvalue weighted by Crippen LogP contribution is 2.30. The number of benzene rings is 1. The maximum Gasteiger partial charge on any atom is 0.414 e. The third-order valence-electron chi connectivity index (χ3n) is 5.60. The van der Waals surface area contributed by atoms with Crippen LogP contribution >= 0.6 is 0 Å². The van der Waals surface area contributed by atoms with E-state index in [1.54, 1.807) is 47.4 Å². The van der Waals surface area contributed by atoms with Crippen LogP contribution in [-0.2, 0) is 25.7 Å². The van der Waals surface area contributed by atoms with Crippen molar-refractivity contribution >= 4 is 23.4 Å². The van der Waals surface area contributed by atoms with E-state index in [1.807, 2.05) is 0 Å². The van der Waals surface area contributed by atoms with Gasteiger partial charge in [-0.3, -0.25) is 25.0 Å². The largest absolute Gasteiger partial charge is 0.462 e. The number of carbonyl (C=O) groups is 2. The van der Waals surface area contributed by atoms with E-state index in [0.717, 1.165) is 0 Å². The van der Waals surface area contributed by atoms with Crippen LogP contribution in [0.3, 0.4) is 0 Å². The Kier molecular flexibility index (Phi) is 6.56. The topological polar surface area (TPSA) is 147 Å². The van der Waals surface area contributed by atoms with Crippen LogP contribution in [0.4, 0.5) is 14.9 Å². The van der Waals surface area contributed by atoms with Gasteiger partial charge in [0, 0.05) is 23.5 Å². The van der Waals surface area contributed by atoms with Crippen LogP contribution in [0.25, 0.3) is 16.8 Å². The van der Waals surface area contributed by atoms with Gasteiger partial charge in [-0.25, -0.2) is 13.9 Å². The molecule has 2 aliphatic heterocycles. The molecule has 36 heavy (non-hydrogen) atoms. The predicted molar refractivity (Wildman–Crippen MR) is 123 cm³/mol. The molecule has 2 aliphatic rings. The smallest absolute Gasteiger partial charge is 0.414 e. The fourth-order valence-electron chi connectivity index (χ4n) is 3.83. The summed E-state index contributed by atoms with van der Waals surface area (Å²) < 4.78 is 26.9. The molecule has 4 heterocycles. The molecule has 3 N–H and O–H groups in total. The van der Waals surface area contributed by atoms with Crippen LogP contribution in [0.15, 0.2) is 55.0 Å². The molecule has 0 bridgehead atoms. The third-order valence-corrected chi connectivity index (χ3v) is 5.60. The number of nitrogens with two attached hydrogens (primary N) is 1. The number of carbonyl (C=O) groups excluding carboxylic acids is 2. The zero-order valence-corrected chi connectivity index (χ0v) is 18.9. The van der Waals surface area contributed by atoms with Crippen molar-refractivity contribution in [3.8, 4) is 11.1 Å². The Morgan fingerprint density at radius 1 is 1.31 bits per heavy atom. The molecule has 0 radical (unpaired) electrons. The van der Waals surface area contributed by atoms with Crippen molar-refractivity contribution in [2.45, 2.75) is 18.8 Å². The number of nitrogens with one attached hydrogen (secondary N) is 1. The third kappa shape index (κ3) is 5.01. The Bertz CT molecular complexity index is 1280. The van der Waals surface area contributed by atoms with E-state index in [1.165, 1.54) is 17.2 Å². The Morgan fingerprint density at radius 3 is 2.92 bits per heavy atom. The number of hydroxylamine groups is 1. The Morgan fingerprint density at radius 2 is 2.19 bits per heavy atom. The molecule has 3 aromatic rings. The van der Waals surface area contributed by atoms with Gasteiger partial charge in [-0.05, 0) is 30.3 Å². The minimum absolute atomic E-state index is 0.0218. The molecule has 1 fully saturated rings. The van der Waals surface area contributed by atoms with Crippen molar-refractivity contribution in [3.05, 3.63) is 66.5 Å². The van der Waals surface area contributed by atoms with Crippen LogP contribution < -0.4 is 16.1 Å². The molecule has 2 aromatic heterocycles. The van der Waals surface area contributed by atoms with Gasteiger partial charge in [-0.1, -0.05) is 11.3 Å². The lowest BCUT2D eigenvalue weighted by molar-refractivity contribution is -0.145. The molecule has 1 saturated heterocycles. The lowest BCUT2D eigenvalue weighted by Crippen LogP contribution is -2.26. The summed E-state index contributed by atoms with van der Waals surface area (Å²) in [5, 5.41) is 7.60. The van der Waals surface area contributed by atoms with Crippen LogP contribution in [0.2, 0.25) is 0 Å². The number of hydrogen-bond acceptors (Lipinski definition) is 10. The van der Waals surface area contributed by atoms with Crippen LogP contribution in [0.1, 0.15) is 5.69 Å². The fraction of sp³-hybridized carbons (Fsp3) is 0.261. The summed E-state index contributed by atoms with van der Waals surface area (Å²) in [4.78, 5) is 34.6. The number of hydrogen-bond donors (Lipinski definition) is 2. The summed E-state index contributed by atoms with van der Waals surface area (Å²) >= 11 is 0. The minimum Gasteiger partial charge on any atom is -0.462 e. The van der Waals surface area contributed by atoms with Gasteiger partial charge in [0.25, 0.3) is 0 Å². The molecule has 0 unspecified atom stereocenters. The van der Waals surface area contributed by atoms with Crippen molar-refractivity contribution in [2.75, 3.05) is 24.6 Å². The number of esters is 1. The number of cyclic esters (lactones) is 1. The molecule has 13 heteroatoms. The highest BCUT2D eigenvalue weighted by atomic mass is 19.1. The molecule has 1 aromatic carbocycles. The zero-order chi connectivity index (χ0) is 25.1. The second-order valence-corrected chi connectivity index (χ2v) is 8.06. The zero-order valence-electron chi connectivity index (χ0n) is 18.9. The van der Waals surface area contributed by atoms with E-state index < -0.39 is 30.1 Å². The molecule has 1 amide bonds. The molecule has 0 saturated carbocycles. The maximum absolute atomic E-state index is 15.0. The van der Waals surface area contributed by atoms with Gasteiger partial charge in [-0.2, -0.15) is 0 Å². The first-order valence-electron chi connectivity index (χ1n) is 11.1. The second-order valence-electron chi connectivity index (χ2n) is 8.06. The normalized spacial score (nSPS) is 19.1. The van der Waals surface area contributed by atoms with Gasteiger partial charge in [0.05, 0.1) is 42.9 Å². The number of aromatic nitrogens is 4. The van der Waals surface area contributed by atoms with Gasteiger partial charge >= 0.3 is 12.1 Å². The van der Waals surface area contributed by atoms with E-state index in [2.05, 4.69) is 20.8 Å². The number of nitrogens with zero attached hydrogens (tertiary/aromatic N) is 5. The number of halogens is 1. The summed E-state index contributed by atoms with van der Waals surface area (Å²) in [6.45, 7) is 0.443. The average Bonchev–Trinajstić information content (AvgIpc) is 3.65. The van der Waals surface area contributed by atoms with Crippen molar-refractivity contribution in [1.29, 1.82) is 0 Å². The molecule has 0 aliphatic carbocycles. The van der Waals surface area contributed by atoms with Crippen LogP contribution in [-0.4, -0.2) is 63.9 Å². The van der Waals surface area contributed by atoms with E-state index >= 15 is 4.39 Å². The van der Waals surface area contributed by atoms with Crippen molar-refractivity contribution in [2.24, 2.45) is 5.73 Å². The SMILES string of the molecule is NCC(=O)OC[C@@H]1C=C(c2ccc(-c3ccc(N4C[C@H](Cn5ccnn5)OC4=O)cc3F)cn2)NO1. The maximum atomic E-state index is 15.0. The number of rotatable bonds is 8. The number of anilines is 1. The predicted octanol–water partition coefficient (Wildman–Crippen LogP) is 1.25. The quantitative estimate of drug-likeness (QED) is 0.438. The first-order valence-corrected chi connectivity index (χ1v) is 11.1. The minimum atomic E-state index is -0.547. The Balaban J connectivity index is 1.25. The monoisotopic (exact) mass is 495 g/mol. The van der Waals surface area contributed by atoms with Gasteiger partial charge < -0.3 is 15.2 Å². The van der Waals surface area contributed by atoms with Crippen LogP contribution in [0, 0.1) is 5.82 Å². The first-order chi connectivity index (χ1) is 17.5. The van der Waals surface area contributed by atoms with Gasteiger partial charge in [0.2, 0.25) is 0 Å². The van der Waals surface area contributed by atoms with Crippen molar-refractivity contribution in [3.63, 3.8) is 0 Å². The summed E-state index contributed by atoms with van der Waals surface area (Å²) in [6, 6.07) is 7.99. The molecule has 12 nitrogen and oxygen atoms in total. The Labute approximate surface area is 204 Å². The summed E-state index contributed by atoms with van der Waals surface area (Å²) in [7, 11) is 0. The Hall–Kier alpha value is -4.36. The van der Waals surface area contributed by atoms with Gasteiger partial charge in [-0.15, -0.1) is 5.10 Å². The molecular weight excluding hydrogens is 473 g/mol. The average molecular weight is 495 g/mol. The standard InChI is InChI=1S/C23H22FN7O5/c24-19-7-15(31-12-17(35-23(31)33)11-30-6-5-27-29-30)2-3-18(19)14-1-4-20(26-10-14)21-8-16(36-28-21)13-34-22(32)9-25/h1-8,10,16-17,28H,9,11-13,25H2/t16-,17-/m0/s1. The van der Waals surface area contributed by atoms with Crippen LogP contribution in [0.5, 0.6) is 0 Å². The van der Waals surface area contributed by atoms with Gasteiger partial charge in [0.1, 0.15) is 24.6 Å². The molecule has 186 valence electrons. The summed E-state index contributed by atoms with van der Waals surface area (Å²) in [6.07, 6.45) is 5.04. The second kappa shape index (κ2) is 10.1. The number of pyridine rings is 1. The lowest BCUT2D eigenvalue weighted by Gasteiger charge is -2.14. The highest BCUT2D eigenvalue weighted by Gasteiger charge is 2.33. The van der Waals surface area contributed by atoms with Crippen molar-refractivity contribution < 1.29 is 28.3 Å². The molecular formula is C23H22FN7O5. The van der Waals surface area contributed by atoms with Crippen molar-refractivity contribution in [1.82, 2.24) is 25.5 Å². The first kappa shape index (κ1) is 23.4. The molecule has 5 rings (SSSR count).